The molecule has 1 heterocycles. The zero-order valence-electron chi connectivity index (χ0n) is 14.6. The molecule has 2 rings (SSSR count). The van der Waals surface area contributed by atoms with Crippen LogP contribution in [0.4, 0.5) is 0 Å². The van der Waals surface area contributed by atoms with Gasteiger partial charge in [0.05, 0.1) is 11.0 Å². The maximum absolute atomic E-state index is 12.7. The predicted molar refractivity (Wildman–Crippen MR) is 94.5 cm³/mol. The normalized spacial score (nSPS) is 14.5. The number of fused-ring (bicyclic) bond motifs is 1. The molecular weight excluding hydrogens is 326 g/mol. The summed E-state index contributed by atoms with van der Waals surface area (Å²) < 4.78 is 25.2. The highest BCUT2D eigenvalue weighted by atomic mass is 32.2. The minimum atomic E-state index is -3.81. The van der Waals surface area contributed by atoms with Crippen molar-refractivity contribution in [1.82, 2.24) is 14.9 Å². The molecule has 1 aromatic heterocycles. The molecule has 0 radical (unpaired) electrons. The monoisotopic (exact) mass is 351 g/mol. The molecule has 2 atom stereocenters. The fraction of sp³-hybridized carbons (Fsp3) is 0.529. The number of rotatable bonds is 7. The smallest absolute Gasteiger partial charge is 0.238 e. The summed E-state index contributed by atoms with van der Waals surface area (Å²) in [6.45, 7) is 7.86. The fourth-order valence-electron chi connectivity index (χ4n) is 2.70. The zero-order valence-corrected chi connectivity index (χ0v) is 15.4. The summed E-state index contributed by atoms with van der Waals surface area (Å²) in [4.78, 5) is 21.2. The number of amides is 1. The number of benzene rings is 1. The predicted octanol–water partition coefficient (Wildman–Crippen LogP) is 2.76. The molecular formula is C17H25N3O3S. The Morgan fingerprint density at radius 1 is 1.17 bits per heavy atom. The topological polar surface area (TPSA) is 83.1 Å². The van der Waals surface area contributed by atoms with Crippen molar-refractivity contribution in [2.75, 3.05) is 5.75 Å². The number of aromatic amines is 1. The summed E-state index contributed by atoms with van der Waals surface area (Å²) in [7, 11) is -3.81. The van der Waals surface area contributed by atoms with Gasteiger partial charge in [-0.1, -0.05) is 26.0 Å². The fourth-order valence-corrected chi connectivity index (χ4v) is 3.82. The molecule has 1 aromatic carbocycles. The lowest BCUT2D eigenvalue weighted by Crippen LogP contribution is -2.46. The summed E-state index contributed by atoms with van der Waals surface area (Å²) in [5, 5.41) is -0.148. The molecule has 0 fully saturated rings. The first-order valence-corrected chi connectivity index (χ1v) is 9.94. The lowest BCUT2D eigenvalue weighted by Gasteiger charge is -2.33. The summed E-state index contributed by atoms with van der Waals surface area (Å²) >= 11 is 0. The second-order valence-electron chi connectivity index (χ2n) is 6.13. The average molecular weight is 351 g/mol. The molecule has 0 saturated heterocycles. The van der Waals surface area contributed by atoms with E-state index in [2.05, 4.69) is 9.97 Å². The van der Waals surface area contributed by atoms with Gasteiger partial charge in [0.1, 0.15) is 5.75 Å². The lowest BCUT2D eigenvalue weighted by molar-refractivity contribution is -0.132. The molecule has 6 nitrogen and oxygen atoms in total. The van der Waals surface area contributed by atoms with Gasteiger partial charge in [-0.25, -0.2) is 13.4 Å². The molecule has 0 aliphatic carbocycles. The molecule has 1 amide bonds. The standard InChI is InChI=1S/C17H25N3O3S/c1-5-12(3)20(13(4)6-2)16(21)11-24(22,23)17-18-14-9-7-8-10-15(14)19-17/h7-10,12-13H,5-6,11H2,1-4H3,(H,18,19)/t12-,13-/m1/s1. The number of aromatic nitrogens is 2. The Morgan fingerprint density at radius 3 is 2.29 bits per heavy atom. The minimum absolute atomic E-state index is 0.00155. The number of nitrogens with zero attached hydrogens (tertiary/aromatic N) is 2. The Hall–Kier alpha value is -1.89. The number of sulfone groups is 1. The highest BCUT2D eigenvalue weighted by Crippen LogP contribution is 2.18. The van der Waals surface area contributed by atoms with Gasteiger partial charge in [0.2, 0.25) is 20.9 Å². The molecule has 0 unspecified atom stereocenters. The number of nitrogens with one attached hydrogen (secondary N) is 1. The molecule has 0 aliphatic heterocycles. The number of imidazole rings is 1. The maximum atomic E-state index is 12.7. The Labute approximate surface area is 143 Å². The highest BCUT2D eigenvalue weighted by Gasteiger charge is 2.30. The van der Waals surface area contributed by atoms with Gasteiger partial charge in [0.25, 0.3) is 0 Å². The number of hydrogen-bond acceptors (Lipinski definition) is 4. The van der Waals surface area contributed by atoms with Crippen LogP contribution >= 0.6 is 0 Å². The lowest BCUT2D eigenvalue weighted by atomic mass is 10.1. The van der Waals surface area contributed by atoms with Gasteiger partial charge in [0, 0.05) is 12.1 Å². The van der Waals surface area contributed by atoms with Gasteiger partial charge < -0.3 is 9.88 Å². The Kier molecular flexibility index (Phi) is 5.64. The van der Waals surface area contributed by atoms with Crippen molar-refractivity contribution in [2.24, 2.45) is 0 Å². The Balaban J connectivity index is 2.27. The largest absolute Gasteiger partial charge is 0.336 e. The molecule has 24 heavy (non-hydrogen) atoms. The van der Waals surface area contributed by atoms with Gasteiger partial charge in [-0.05, 0) is 38.8 Å². The van der Waals surface area contributed by atoms with E-state index in [0.717, 1.165) is 12.8 Å². The summed E-state index contributed by atoms with van der Waals surface area (Å²) in [6, 6.07) is 7.08. The third kappa shape index (κ3) is 3.77. The molecule has 1 N–H and O–H groups in total. The third-order valence-electron chi connectivity index (χ3n) is 4.40. The number of H-pyrrole nitrogens is 1. The van der Waals surface area contributed by atoms with Crippen LogP contribution in [0.1, 0.15) is 40.5 Å². The van der Waals surface area contributed by atoms with Gasteiger partial charge in [-0.3, -0.25) is 4.79 Å². The van der Waals surface area contributed by atoms with E-state index in [4.69, 9.17) is 0 Å². The second-order valence-corrected chi connectivity index (χ2v) is 8.04. The molecule has 0 bridgehead atoms. The van der Waals surface area contributed by atoms with Crippen LogP contribution in [0.5, 0.6) is 0 Å². The summed E-state index contributed by atoms with van der Waals surface area (Å²) in [5.41, 5.74) is 1.22. The number of hydrogen-bond donors (Lipinski definition) is 1. The van der Waals surface area contributed by atoms with Gasteiger partial charge in [0.15, 0.2) is 0 Å². The van der Waals surface area contributed by atoms with Gasteiger partial charge in [-0.2, -0.15) is 0 Å². The van der Waals surface area contributed by atoms with Crippen molar-refractivity contribution in [2.45, 2.75) is 57.8 Å². The van der Waals surface area contributed by atoms with Crippen LogP contribution in [-0.4, -0.2) is 47.0 Å². The molecule has 7 heteroatoms. The second kappa shape index (κ2) is 7.34. The van der Waals surface area contributed by atoms with Crippen molar-refractivity contribution >= 4 is 26.8 Å². The molecule has 132 valence electrons. The van der Waals surface area contributed by atoms with Crippen molar-refractivity contribution in [3.05, 3.63) is 24.3 Å². The number of carbonyl (C=O) groups excluding carboxylic acids is 1. The number of para-hydroxylation sites is 2. The Bertz CT molecular complexity index is 770. The maximum Gasteiger partial charge on any atom is 0.238 e. The molecule has 2 aromatic rings. The SMILES string of the molecule is CC[C@@H](C)N(C(=O)CS(=O)(=O)c1nc2ccccc2[nH]1)[C@H](C)CC. The van der Waals surface area contributed by atoms with E-state index in [0.29, 0.717) is 11.0 Å². The van der Waals surface area contributed by atoms with E-state index in [1.54, 1.807) is 29.2 Å². The van der Waals surface area contributed by atoms with E-state index in [9.17, 15) is 13.2 Å². The first-order valence-electron chi connectivity index (χ1n) is 8.28. The van der Waals surface area contributed by atoms with E-state index >= 15 is 0 Å². The average Bonchev–Trinajstić information content (AvgIpc) is 2.99. The van der Waals surface area contributed by atoms with Crippen LogP contribution in [-0.2, 0) is 14.6 Å². The van der Waals surface area contributed by atoms with Crippen LogP contribution in [0.15, 0.2) is 29.4 Å². The van der Waals surface area contributed by atoms with Crippen LogP contribution in [0.25, 0.3) is 11.0 Å². The van der Waals surface area contributed by atoms with Crippen molar-refractivity contribution in [3.63, 3.8) is 0 Å². The van der Waals surface area contributed by atoms with Crippen LogP contribution in [0.3, 0.4) is 0 Å². The first kappa shape index (κ1) is 18.4. The third-order valence-corrected chi connectivity index (χ3v) is 5.80. The van der Waals surface area contributed by atoms with Crippen molar-refractivity contribution in [3.8, 4) is 0 Å². The van der Waals surface area contributed by atoms with Gasteiger partial charge >= 0.3 is 0 Å². The highest BCUT2D eigenvalue weighted by molar-refractivity contribution is 7.91. The summed E-state index contributed by atoms with van der Waals surface area (Å²) in [5.74, 6) is -0.944. The number of carbonyl (C=O) groups is 1. The quantitative estimate of drug-likeness (QED) is 0.831. The van der Waals surface area contributed by atoms with E-state index in [1.165, 1.54) is 0 Å². The Morgan fingerprint density at radius 2 is 1.75 bits per heavy atom. The zero-order chi connectivity index (χ0) is 17.9. The minimum Gasteiger partial charge on any atom is -0.336 e. The van der Waals surface area contributed by atoms with E-state index in [1.807, 2.05) is 27.7 Å². The van der Waals surface area contributed by atoms with Crippen LogP contribution in [0.2, 0.25) is 0 Å². The van der Waals surface area contributed by atoms with E-state index < -0.39 is 15.6 Å². The van der Waals surface area contributed by atoms with E-state index in [-0.39, 0.29) is 23.1 Å². The van der Waals surface area contributed by atoms with Crippen LogP contribution in [0, 0.1) is 0 Å². The van der Waals surface area contributed by atoms with Crippen molar-refractivity contribution < 1.29 is 13.2 Å². The molecule has 0 spiro atoms. The first-order chi connectivity index (χ1) is 11.3. The molecule has 0 saturated carbocycles. The van der Waals surface area contributed by atoms with Crippen LogP contribution < -0.4 is 0 Å². The molecule has 0 aliphatic rings. The van der Waals surface area contributed by atoms with Crippen molar-refractivity contribution in [1.29, 1.82) is 0 Å². The van der Waals surface area contributed by atoms with Gasteiger partial charge in [-0.15, -0.1) is 0 Å². The summed E-state index contributed by atoms with van der Waals surface area (Å²) in [6.07, 6.45) is 1.56.